The van der Waals surface area contributed by atoms with Gasteiger partial charge < -0.3 is 14.8 Å². The minimum Gasteiger partial charge on any atom is -0.340 e. The molecule has 1 fully saturated rings. The third-order valence-corrected chi connectivity index (χ3v) is 4.10. The highest BCUT2D eigenvalue weighted by Crippen LogP contribution is 2.08. The molecule has 2 heterocycles. The van der Waals surface area contributed by atoms with E-state index in [4.69, 9.17) is 0 Å². The molecule has 2 aromatic rings. The number of carbonyl (C=O) groups is 1. The molecular formula is C16H20N4O2. The minimum absolute atomic E-state index is 0.0995. The summed E-state index contributed by atoms with van der Waals surface area (Å²) in [7, 11) is 2.06. The van der Waals surface area contributed by atoms with Crippen molar-refractivity contribution in [3.63, 3.8) is 0 Å². The smallest absolute Gasteiger partial charge is 0.270 e. The number of piperazine rings is 1. The van der Waals surface area contributed by atoms with Crippen LogP contribution >= 0.6 is 0 Å². The van der Waals surface area contributed by atoms with Crippen molar-refractivity contribution in [3.8, 4) is 0 Å². The van der Waals surface area contributed by atoms with Crippen LogP contribution in [0.2, 0.25) is 0 Å². The maximum Gasteiger partial charge on any atom is 0.270 e. The van der Waals surface area contributed by atoms with Gasteiger partial charge in [0.25, 0.3) is 5.56 Å². The Balaban J connectivity index is 1.67. The number of hydrogen-bond donors (Lipinski definition) is 1. The first-order chi connectivity index (χ1) is 10.6. The minimum atomic E-state index is -0.204. The molecule has 6 heteroatoms. The Labute approximate surface area is 128 Å². The molecule has 1 aliphatic heterocycles. The predicted octanol–water partition coefficient (Wildman–Crippen LogP) is 0.630. The SMILES string of the molecule is CN1CCN(C(=O)CCc2nc3ccccc3[nH]c2=O)CC1. The van der Waals surface area contributed by atoms with E-state index < -0.39 is 0 Å². The summed E-state index contributed by atoms with van der Waals surface area (Å²) >= 11 is 0. The first kappa shape index (κ1) is 14.7. The molecule has 1 saturated heterocycles. The molecule has 0 bridgehead atoms. The number of aromatic nitrogens is 2. The predicted molar refractivity (Wildman–Crippen MR) is 84.8 cm³/mol. The maximum absolute atomic E-state index is 12.2. The lowest BCUT2D eigenvalue weighted by Gasteiger charge is -2.32. The molecule has 0 aliphatic carbocycles. The van der Waals surface area contributed by atoms with Crippen LogP contribution in [-0.4, -0.2) is 58.9 Å². The third kappa shape index (κ3) is 3.17. The van der Waals surface area contributed by atoms with Gasteiger partial charge in [0.2, 0.25) is 5.91 Å². The zero-order valence-electron chi connectivity index (χ0n) is 12.7. The average Bonchev–Trinajstić information content (AvgIpc) is 2.53. The highest BCUT2D eigenvalue weighted by molar-refractivity contribution is 5.77. The van der Waals surface area contributed by atoms with Gasteiger partial charge in [-0.25, -0.2) is 4.98 Å². The zero-order chi connectivity index (χ0) is 15.5. The van der Waals surface area contributed by atoms with Crippen LogP contribution in [0.25, 0.3) is 11.0 Å². The Bertz CT molecular complexity index is 732. The van der Waals surface area contributed by atoms with Crippen molar-refractivity contribution in [1.29, 1.82) is 0 Å². The molecule has 3 rings (SSSR count). The summed E-state index contributed by atoms with van der Waals surface area (Å²) in [5.74, 6) is 0.0995. The van der Waals surface area contributed by atoms with Crippen LogP contribution in [0.15, 0.2) is 29.1 Å². The average molecular weight is 300 g/mol. The van der Waals surface area contributed by atoms with Crippen molar-refractivity contribution >= 4 is 16.9 Å². The number of amides is 1. The fourth-order valence-electron chi connectivity index (χ4n) is 2.68. The Morgan fingerprint density at radius 3 is 2.73 bits per heavy atom. The van der Waals surface area contributed by atoms with Crippen LogP contribution in [0, 0.1) is 0 Å². The number of carbonyl (C=O) groups excluding carboxylic acids is 1. The van der Waals surface area contributed by atoms with E-state index >= 15 is 0 Å². The Morgan fingerprint density at radius 1 is 1.23 bits per heavy atom. The lowest BCUT2D eigenvalue weighted by Crippen LogP contribution is -2.47. The highest BCUT2D eigenvalue weighted by atomic mass is 16.2. The first-order valence-corrected chi connectivity index (χ1v) is 7.58. The summed E-state index contributed by atoms with van der Waals surface area (Å²) in [6, 6.07) is 7.42. The van der Waals surface area contributed by atoms with Crippen LogP contribution in [0.1, 0.15) is 12.1 Å². The standard InChI is InChI=1S/C16H20N4O2/c1-19-8-10-20(11-9-19)15(21)7-6-14-16(22)18-13-5-3-2-4-12(13)17-14/h2-5H,6-11H2,1H3,(H,18,22). The van der Waals surface area contributed by atoms with Gasteiger partial charge in [-0.1, -0.05) is 12.1 Å². The fourth-order valence-corrected chi connectivity index (χ4v) is 2.68. The molecule has 0 saturated carbocycles. The van der Waals surface area contributed by atoms with E-state index in [1.807, 2.05) is 29.2 Å². The largest absolute Gasteiger partial charge is 0.340 e. The molecular weight excluding hydrogens is 280 g/mol. The summed E-state index contributed by atoms with van der Waals surface area (Å²) in [6.45, 7) is 3.33. The molecule has 6 nitrogen and oxygen atoms in total. The molecule has 1 aromatic carbocycles. The van der Waals surface area contributed by atoms with E-state index in [0.29, 0.717) is 18.5 Å². The number of fused-ring (bicyclic) bond motifs is 1. The van der Waals surface area contributed by atoms with Crippen molar-refractivity contribution in [2.24, 2.45) is 0 Å². The molecule has 1 N–H and O–H groups in total. The lowest BCUT2D eigenvalue weighted by molar-refractivity contribution is -0.132. The van der Waals surface area contributed by atoms with E-state index in [0.717, 1.165) is 37.2 Å². The Kier molecular flexibility index (Phi) is 4.20. The molecule has 1 aliphatic rings. The van der Waals surface area contributed by atoms with Gasteiger partial charge in [0, 0.05) is 39.0 Å². The van der Waals surface area contributed by atoms with E-state index in [1.165, 1.54) is 0 Å². The normalized spacial score (nSPS) is 16.1. The second kappa shape index (κ2) is 6.27. The molecule has 0 radical (unpaired) electrons. The molecule has 0 unspecified atom stereocenters. The number of H-pyrrole nitrogens is 1. The number of rotatable bonds is 3. The first-order valence-electron chi connectivity index (χ1n) is 7.58. The van der Waals surface area contributed by atoms with Gasteiger partial charge in [-0.05, 0) is 19.2 Å². The van der Waals surface area contributed by atoms with Crippen LogP contribution in [-0.2, 0) is 11.2 Å². The molecule has 1 aromatic heterocycles. The summed E-state index contributed by atoms with van der Waals surface area (Å²) < 4.78 is 0. The summed E-state index contributed by atoms with van der Waals surface area (Å²) in [5, 5.41) is 0. The van der Waals surface area contributed by atoms with E-state index in [2.05, 4.69) is 21.9 Å². The number of benzene rings is 1. The monoisotopic (exact) mass is 300 g/mol. The zero-order valence-corrected chi connectivity index (χ0v) is 12.7. The van der Waals surface area contributed by atoms with Crippen LogP contribution in [0.5, 0.6) is 0 Å². The number of para-hydroxylation sites is 2. The van der Waals surface area contributed by atoms with Crippen LogP contribution in [0.4, 0.5) is 0 Å². The second-order valence-corrected chi connectivity index (χ2v) is 5.71. The van der Waals surface area contributed by atoms with Gasteiger partial charge in [0.15, 0.2) is 0 Å². The van der Waals surface area contributed by atoms with Crippen molar-refractivity contribution in [1.82, 2.24) is 19.8 Å². The molecule has 0 atom stereocenters. The fraction of sp³-hybridized carbons (Fsp3) is 0.438. The number of likely N-dealkylation sites (N-methyl/N-ethyl adjacent to an activating group) is 1. The van der Waals surface area contributed by atoms with Gasteiger partial charge in [0.1, 0.15) is 5.69 Å². The van der Waals surface area contributed by atoms with Gasteiger partial charge in [-0.15, -0.1) is 0 Å². The molecule has 116 valence electrons. The summed E-state index contributed by atoms with van der Waals surface area (Å²) in [6.07, 6.45) is 0.712. The highest BCUT2D eigenvalue weighted by Gasteiger charge is 2.19. The second-order valence-electron chi connectivity index (χ2n) is 5.71. The number of hydrogen-bond acceptors (Lipinski definition) is 4. The quantitative estimate of drug-likeness (QED) is 0.902. The Hall–Kier alpha value is -2.21. The van der Waals surface area contributed by atoms with Crippen molar-refractivity contribution in [2.75, 3.05) is 33.2 Å². The topological polar surface area (TPSA) is 69.3 Å². The molecule has 22 heavy (non-hydrogen) atoms. The van der Waals surface area contributed by atoms with Crippen molar-refractivity contribution in [2.45, 2.75) is 12.8 Å². The van der Waals surface area contributed by atoms with Crippen molar-refractivity contribution < 1.29 is 4.79 Å². The Morgan fingerprint density at radius 2 is 1.95 bits per heavy atom. The maximum atomic E-state index is 12.2. The molecule has 1 amide bonds. The van der Waals surface area contributed by atoms with E-state index in [9.17, 15) is 9.59 Å². The number of nitrogens with zero attached hydrogens (tertiary/aromatic N) is 3. The van der Waals surface area contributed by atoms with Gasteiger partial charge >= 0.3 is 0 Å². The number of aromatic amines is 1. The number of nitrogens with one attached hydrogen (secondary N) is 1. The van der Waals surface area contributed by atoms with E-state index in [-0.39, 0.29) is 11.5 Å². The summed E-state index contributed by atoms with van der Waals surface area (Å²) in [4.78, 5) is 35.5. The van der Waals surface area contributed by atoms with E-state index in [1.54, 1.807) is 0 Å². The van der Waals surface area contributed by atoms with Gasteiger partial charge in [0.05, 0.1) is 11.0 Å². The van der Waals surface area contributed by atoms with Gasteiger partial charge in [-0.2, -0.15) is 0 Å². The van der Waals surface area contributed by atoms with Crippen LogP contribution < -0.4 is 5.56 Å². The van der Waals surface area contributed by atoms with Crippen molar-refractivity contribution in [3.05, 3.63) is 40.3 Å². The van der Waals surface area contributed by atoms with Crippen LogP contribution in [0.3, 0.4) is 0 Å². The third-order valence-electron chi connectivity index (χ3n) is 4.10. The number of aryl methyl sites for hydroxylation is 1. The lowest BCUT2D eigenvalue weighted by atomic mass is 10.2. The summed E-state index contributed by atoms with van der Waals surface area (Å²) in [5.41, 5.74) is 1.71. The molecule has 0 spiro atoms. The van der Waals surface area contributed by atoms with Gasteiger partial charge in [-0.3, -0.25) is 9.59 Å².